The van der Waals surface area contributed by atoms with Crippen molar-refractivity contribution >= 4 is 33.8 Å². The minimum absolute atomic E-state index is 0.166. The maximum atomic E-state index is 11.3. The zero-order valence-electron chi connectivity index (χ0n) is 12.5. The van der Waals surface area contributed by atoms with Gasteiger partial charge in [0.15, 0.2) is 5.13 Å². The van der Waals surface area contributed by atoms with Gasteiger partial charge < -0.3 is 9.64 Å². The Bertz CT molecular complexity index is 595. The summed E-state index contributed by atoms with van der Waals surface area (Å²) < 4.78 is 4.92. The highest BCUT2D eigenvalue weighted by Gasteiger charge is 2.11. The summed E-state index contributed by atoms with van der Waals surface area (Å²) in [6, 6.07) is 0. The minimum Gasteiger partial charge on any atom is -0.466 e. The van der Waals surface area contributed by atoms with Crippen LogP contribution in [0, 0.1) is 6.92 Å². The van der Waals surface area contributed by atoms with Crippen LogP contribution in [0.25, 0.3) is 0 Å². The monoisotopic (exact) mass is 325 g/mol. The van der Waals surface area contributed by atoms with Gasteiger partial charge in [-0.1, -0.05) is 0 Å². The predicted molar refractivity (Wildman–Crippen MR) is 86.0 cm³/mol. The fourth-order valence-electron chi connectivity index (χ4n) is 1.81. The largest absolute Gasteiger partial charge is 0.466 e. The number of rotatable bonds is 7. The molecule has 21 heavy (non-hydrogen) atoms. The first-order valence-electron chi connectivity index (χ1n) is 6.80. The van der Waals surface area contributed by atoms with Crippen LogP contribution in [-0.2, 0) is 22.5 Å². The number of aryl methyl sites for hydroxylation is 2. The van der Waals surface area contributed by atoms with Gasteiger partial charge >= 0.3 is 5.97 Å². The number of hydrogen-bond donors (Lipinski definition) is 0. The highest BCUT2D eigenvalue weighted by atomic mass is 32.1. The van der Waals surface area contributed by atoms with Crippen LogP contribution in [0.15, 0.2) is 10.9 Å². The van der Waals surface area contributed by atoms with E-state index in [0.29, 0.717) is 19.4 Å². The Balaban J connectivity index is 1.90. The van der Waals surface area contributed by atoms with Crippen LogP contribution >= 0.6 is 22.7 Å². The molecule has 0 saturated heterocycles. The number of esters is 1. The predicted octanol–water partition coefficient (Wildman–Crippen LogP) is 3.04. The molecule has 0 aliphatic heterocycles. The molecule has 0 spiro atoms. The summed E-state index contributed by atoms with van der Waals surface area (Å²) in [7, 11) is 2.02. The first-order valence-corrected chi connectivity index (χ1v) is 8.56. The molecule has 0 unspecified atom stereocenters. The number of anilines is 1. The normalized spacial score (nSPS) is 10.6. The zero-order valence-corrected chi connectivity index (χ0v) is 14.1. The van der Waals surface area contributed by atoms with Crippen LogP contribution in [0.3, 0.4) is 0 Å². The highest BCUT2D eigenvalue weighted by Crippen LogP contribution is 2.23. The summed E-state index contributed by atoms with van der Waals surface area (Å²) >= 11 is 3.26. The molecule has 2 aromatic heterocycles. The maximum Gasteiger partial charge on any atom is 0.306 e. The molecule has 0 N–H and O–H groups in total. The van der Waals surface area contributed by atoms with E-state index in [0.717, 1.165) is 23.1 Å². The summed E-state index contributed by atoms with van der Waals surface area (Å²) in [5.74, 6) is -0.166. The molecule has 2 aromatic rings. The Morgan fingerprint density at radius 2 is 2.24 bits per heavy atom. The minimum atomic E-state index is -0.166. The Kier molecular flexibility index (Phi) is 5.69. The van der Waals surface area contributed by atoms with Crippen molar-refractivity contribution < 1.29 is 9.53 Å². The molecule has 0 aliphatic rings. The smallest absolute Gasteiger partial charge is 0.306 e. The molecule has 0 saturated carbocycles. The van der Waals surface area contributed by atoms with E-state index in [2.05, 4.69) is 14.9 Å². The second kappa shape index (κ2) is 7.51. The van der Waals surface area contributed by atoms with Gasteiger partial charge in [0.05, 0.1) is 36.5 Å². The molecular weight excluding hydrogens is 306 g/mol. The lowest BCUT2D eigenvalue weighted by atomic mass is 10.2. The van der Waals surface area contributed by atoms with Gasteiger partial charge in [-0.15, -0.1) is 22.7 Å². The third-order valence-electron chi connectivity index (χ3n) is 2.98. The van der Waals surface area contributed by atoms with Crippen molar-refractivity contribution in [3.05, 3.63) is 27.2 Å². The van der Waals surface area contributed by atoms with Crippen LogP contribution in [0.1, 0.15) is 29.6 Å². The average Bonchev–Trinajstić information content (AvgIpc) is 3.07. The Labute approximate surface area is 132 Å². The van der Waals surface area contributed by atoms with Crippen molar-refractivity contribution in [2.24, 2.45) is 0 Å². The number of thiazole rings is 2. The highest BCUT2D eigenvalue weighted by molar-refractivity contribution is 7.13. The molecule has 0 bridgehead atoms. The lowest BCUT2D eigenvalue weighted by Gasteiger charge is -2.14. The summed E-state index contributed by atoms with van der Waals surface area (Å²) in [5.41, 5.74) is 3.88. The molecule has 0 fully saturated rings. The third kappa shape index (κ3) is 4.50. The lowest BCUT2D eigenvalue weighted by Crippen LogP contribution is -2.16. The molecular formula is C14H19N3O2S2. The third-order valence-corrected chi connectivity index (χ3v) is 4.91. The average molecular weight is 325 g/mol. The van der Waals surface area contributed by atoms with Crippen molar-refractivity contribution in [2.45, 2.75) is 33.2 Å². The Hall–Kier alpha value is -1.47. The number of carbonyl (C=O) groups excluding carboxylic acids is 1. The van der Waals surface area contributed by atoms with Crippen molar-refractivity contribution in [2.75, 3.05) is 18.6 Å². The summed E-state index contributed by atoms with van der Waals surface area (Å²) in [4.78, 5) is 23.5. The van der Waals surface area contributed by atoms with Crippen LogP contribution < -0.4 is 4.90 Å². The van der Waals surface area contributed by atoms with E-state index in [1.165, 1.54) is 4.88 Å². The van der Waals surface area contributed by atoms with Crippen molar-refractivity contribution in [3.63, 3.8) is 0 Å². The molecule has 0 radical (unpaired) electrons. The van der Waals surface area contributed by atoms with Gasteiger partial charge in [0.1, 0.15) is 0 Å². The van der Waals surface area contributed by atoms with Crippen molar-refractivity contribution in [1.29, 1.82) is 0 Å². The van der Waals surface area contributed by atoms with Crippen LogP contribution in [0.2, 0.25) is 0 Å². The first-order chi connectivity index (χ1) is 10.1. The van der Waals surface area contributed by atoms with E-state index in [-0.39, 0.29) is 5.97 Å². The van der Waals surface area contributed by atoms with Gasteiger partial charge in [0.2, 0.25) is 0 Å². The van der Waals surface area contributed by atoms with Crippen molar-refractivity contribution in [1.82, 2.24) is 9.97 Å². The van der Waals surface area contributed by atoms with E-state index >= 15 is 0 Å². The fraction of sp³-hybridized carbons (Fsp3) is 0.500. The van der Waals surface area contributed by atoms with Gasteiger partial charge in [-0.25, -0.2) is 9.97 Å². The number of ether oxygens (including phenoxy) is 1. The van der Waals surface area contributed by atoms with Crippen LogP contribution in [-0.4, -0.2) is 29.6 Å². The molecule has 2 rings (SSSR count). The molecule has 0 amide bonds. The van der Waals surface area contributed by atoms with E-state index in [9.17, 15) is 4.79 Å². The van der Waals surface area contributed by atoms with E-state index in [1.54, 1.807) is 22.7 Å². The quantitative estimate of drug-likeness (QED) is 0.732. The first kappa shape index (κ1) is 15.9. The number of carbonyl (C=O) groups is 1. The molecule has 114 valence electrons. The second-order valence-electron chi connectivity index (χ2n) is 4.64. The van der Waals surface area contributed by atoms with Gasteiger partial charge in [0.25, 0.3) is 0 Å². The number of nitrogens with zero attached hydrogens (tertiary/aromatic N) is 3. The fourth-order valence-corrected chi connectivity index (χ4v) is 3.47. The molecule has 2 heterocycles. The lowest BCUT2D eigenvalue weighted by molar-refractivity contribution is -0.143. The zero-order chi connectivity index (χ0) is 15.2. The van der Waals surface area contributed by atoms with Gasteiger partial charge in [-0.3, -0.25) is 4.79 Å². The van der Waals surface area contributed by atoms with E-state index in [4.69, 9.17) is 4.74 Å². The van der Waals surface area contributed by atoms with Crippen LogP contribution in [0.5, 0.6) is 0 Å². The van der Waals surface area contributed by atoms with Crippen LogP contribution in [0.4, 0.5) is 5.13 Å². The summed E-state index contributed by atoms with van der Waals surface area (Å²) in [6.45, 7) is 5.07. The molecule has 0 aliphatic carbocycles. The molecule has 5 nitrogen and oxygen atoms in total. The standard InChI is InChI=1S/C14H19N3O2S2/c1-4-19-13(18)6-5-11-8-20-14(16-11)17(3)7-12-10(2)15-9-21-12/h8-9H,4-7H2,1-3H3. The van der Waals surface area contributed by atoms with E-state index in [1.807, 2.05) is 31.8 Å². The Morgan fingerprint density at radius 1 is 1.43 bits per heavy atom. The molecule has 0 aromatic carbocycles. The topological polar surface area (TPSA) is 55.3 Å². The van der Waals surface area contributed by atoms with Gasteiger partial charge in [-0.2, -0.15) is 0 Å². The number of hydrogen-bond acceptors (Lipinski definition) is 7. The van der Waals surface area contributed by atoms with Gasteiger partial charge in [0, 0.05) is 23.7 Å². The van der Waals surface area contributed by atoms with Gasteiger partial charge in [-0.05, 0) is 13.8 Å². The second-order valence-corrected chi connectivity index (χ2v) is 6.42. The molecule has 7 heteroatoms. The molecule has 0 atom stereocenters. The van der Waals surface area contributed by atoms with Crippen molar-refractivity contribution in [3.8, 4) is 0 Å². The summed E-state index contributed by atoms with van der Waals surface area (Å²) in [6.07, 6.45) is 1.01. The summed E-state index contributed by atoms with van der Waals surface area (Å²) in [5, 5.41) is 2.96. The maximum absolute atomic E-state index is 11.3. The SMILES string of the molecule is CCOC(=O)CCc1csc(N(C)Cc2scnc2C)n1. The van der Waals surface area contributed by atoms with E-state index < -0.39 is 0 Å². The Morgan fingerprint density at radius 3 is 2.90 bits per heavy atom. The number of aromatic nitrogens is 2.